The maximum Gasteiger partial charge on any atom is 0.408 e. The van der Waals surface area contributed by atoms with Gasteiger partial charge in [0.1, 0.15) is 18.7 Å². The molecule has 0 saturated heterocycles. The van der Waals surface area contributed by atoms with Crippen LogP contribution in [0.5, 0.6) is 0 Å². The van der Waals surface area contributed by atoms with E-state index < -0.39 is 56.2 Å². The number of ether oxygens (including phenoxy) is 1. The highest BCUT2D eigenvalue weighted by molar-refractivity contribution is 7.47. The van der Waals surface area contributed by atoms with Crippen molar-refractivity contribution in [3.8, 4) is 0 Å². The van der Waals surface area contributed by atoms with Gasteiger partial charge in [-0.3, -0.25) is 14.4 Å². The topological polar surface area (TPSA) is 191 Å². The second-order valence-electron chi connectivity index (χ2n) is 13.7. The van der Waals surface area contributed by atoms with E-state index in [1.807, 2.05) is 100 Å². The van der Waals surface area contributed by atoms with Gasteiger partial charge in [-0.1, -0.05) is 107 Å². The molecule has 0 fully saturated rings. The normalized spacial score (nSPS) is 14.3. The number of hydrogen-bond acceptors (Lipinski definition) is 10. The maximum atomic E-state index is 14.2. The third-order valence-corrected chi connectivity index (χ3v) is 10.5. The molecular formula is C40H50N5O8PS. The van der Waals surface area contributed by atoms with Crippen molar-refractivity contribution >= 4 is 59.7 Å². The third-order valence-electron chi connectivity index (χ3n) is 8.95. The number of carbonyl (C=O) groups excluding carboxylic acids is 4. The van der Waals surface area contributed by atoms with Crippen molar-refractivity contribution in [2.75, 3.05) is 6.61 Å². The standard InChI is InChI=1S/C40H50N5O8PS/c1-5-27(4)35(21-46)42-36(47)23-54(51)53-37(18-26(2)3)45-39(49)34(20-31-24-55-25-41-31)43-38(48)33(44-40(50)52-22-28-12-7-6-8-13-28)19-30-16-11-15-29-14-9-10-17-32(29)30/h6-17,23-27,33-35,37,46H,5,18-22H2,1-4H3,(H,42,47)(H,43,48)(H,44,50)(H,45,49)/t27-,33-,34?,35+,37-/m0/s1. The van der Waals surface area contributed by atoms with E-state index >= 15 is 0 Å². The summed E-state index contributed by atoms with van der Waals surface area (Å²) in [5.41, 5.74) is 3.72. The highest BCUT2D eigenvalue weighted by atomic mass is 32.1. The van der Waals surface area contributed by atoms with E-state index in [9.17, 15) is 29.2 Å². The van der Waals surface area contributed by atoms with Gasteiger partial charge in [-0.15, -0.1) is 11.3 Å². The predicted molar refractivity (Wildman–Crippen MR) is 213 cm³/mol. The van der Waals surface area contributed by atoms with Crippen molar-refractivity contribution in [2.45, 2.75) is 84.3 Å². The first kappa shape index (κ1) is 43.0. The molecule has 4 amide bonds. The van der Waals surface area contributed by atoms with Crippen LogP contribution < -0.4 is 26.2 Å². The Morgan fingerprint density at radius 3 is 2.27 bits per heavy atom. The molecule has 0 spiro atoms. The van der Waals surface area contributed by atoms with Gasteiger partial charge in [0.15, 0.2) is 6.23 Å². The molecule has 6 atom stereocenters. The number of benzene rings is 3. The van der Waals surface area contributed by atoms with Crippen LogP contribution in [0.2, 0.25) is 0 Å². The van der Waals surface area contributed by atoms with Crippen molar-refractivity contribution in [1.29, 1.82) is 0 Å². The van der Waals surface area contributed by atoms with E-state index in [4.69, 9.17) is 9.26 Å². The van der Waals surface area contributed by atoms with Gasteiger partial charge >= 0.3 is 6.09 Å². The molecule has 4 rings (SSSR count). The summed E-state index contributed by atoms with van der Waals surface area (Å²) >= 11 is 1.33. The predicted octanol–water partition coefficient (Wildman–Crippen LogP) is 4.36. The summed E-state index contributed by atoms with van der Waals surface area (Å²) in [7, 11) is -2.68. The van der Waals surface area contributed by atoms with Gasteiger partial charge < -0.3 is 36.0 Å². The largest absolute Gasteiger partial charge is 0.603 e. The molecule has 55 heavy (non-hydrogen) atoms. The number of fused-ring (bicyclic) bond motifs is 1. The number of nitrogens with zero attached hydrogens (tertiary/aromatic N) is 1. The minimum absolute atomic E-state index is 0.00768. The number of nitrogens with one attached hydrogen (secondary N) is 4. The zero-order valence-electron chi connectivity index (χ0n) is 31.5. The Morgan fingerprint density at radius 1 is 0.891 bits per heavy atom. The maximum absolute atomic E-state index is 14.2. The van der Waals surface area contributed by atoms with Crippen LogP contribution >= 0.6 is 19.3 Å². The van der Waals surface area contributed by atoms with E-state index in [0.717, 1.165) is 27.7 Å². The fourth-order valence-corrected chi connectivity index (χ4v) is 7.06. The molecule has 5 N–H and O–H groups in total. The van der Waals surface area contributed by atoms with Crippen LogP contribution in [0, 0.1) is 11.8 Å². The minimum Gasteiger partial charge on any atom is -0.603 e. The Morgan fingerprint density at radius 2 is 1.58 bits per heavy atom. The Labute approximate surface area is 326 Å². The Balaban J connectivity index is 1.54. The van der Waals surface area contributed by atoms with E-state index in [2.05, 4.69) is 26.3 Å². The van der Waals surface area contributed by atoms with Crippen molar-refractivity contribution in [1.82, 2.24) is 26.3 Å². The average molecular weight is 792 g/mol. The third kappa shape index (κ3) is 14.1. The van der Waals surface area contributed by atoms with Crippen LogP contribution in [0.3, 0.4) is 0 Å². The monoisotopic (exact) mass is 791 g/mol. The van der Waals surface area contributed by atoms with Crippen LogP contribution in [-0.4, -0.2) is 70.7 Å². The van der Waals surface area contributed by atoms with Crippen molar-refractivity contribution < 1.29 is 38.4 Å². The van der Waals surface area contributed by atoms with Crippen LogP contribution in [0.4, 0.5) is 4.79 Å². The first-order valence-electron chi connectivity index (χ1n) is 18.3. The fourth-order valence-electron chi connectivity index (χ4n) is 5.78. The van der Waals surface area contributed by atoms with Gasteiger partial charge in [0.05, 0.1) is 23.9 Å². The molecule has 2 unspecified atom stereocenters. The molecule has 1 heterocycles. The number of alkyl carbamates (subject to hydrolysis) is 1. The minimum atomic E-state index is -2.68. The highest BCUT2D eigenvalue weighted by Crippen LogP contribution is 2.22. The summed E-state index contributed by atoms with van der Waals surface area (Å²) in [5, 5.41) is 24.2. The highest BCUT2D eigenvalue weighted by Gasteiger charge is 2.31. The number of carbonyl (C=O) groups is 4. The van der Waals surface area contributed by atoms with Crippen LogP contribution in [-0.2, 0) is 43.1 Å². The Bertz CT molecular complexity index is 1870. The molecule has 0 aliphatic carbocycles. The second kappa shape index (κ2) is 22.0. The number of aliphatic hydroxyl groups excluding tert-OH is 1. The Kier molecular flexibility index (Phi) is 17.2. The first-order valence-corrected chi connectivity index (χ1v) is 20.5. The summed E-state index contributed by atoms with van der Waals surface area (Å²) in [6.45, 7) is 7.29. The molecule has 1 aromatic heterocycles. The fraction of sp³-hybridized carbons (Fsp3) is 0.400. The lowest BCUT2D eigenvalue weighted by molar-refractivity contribution is -0.177. The lowest BCUT2D eigenvalue weighted by Crippen LogP contribution is -2.56. The zero-order valence-corrected chi connectivity index (χ0v) is 33.2. The lowest BCUT2D eigenvalue weighted by atomic mass is 9.98. The van der Waals surface area contributed by atoms with Gasteiger partial charge in [-0.2, -0.15) is 4.52 Å². The summed E-state index contributed by atoms with van der Waals surface area (Å²) in [5.74, 6) is -1.11. The summed E-state index contributed by atoms with van der Waals surface area (Å²) in [6.07, 6.45) is -0.847. The molecule has 0 aliphatic heterocycles. The molecule has 0 bridgehead atoms. The zero-order chi connectivity index (χ0) is 39.7. The molecular weight excluding hydrogens is 742 g/mol. The van der Waals surface area contributed by atoms with Gasteiger partial charge in [0.2, 0.25) is 25.6 Å². The summed E-state index contributed by atoms with van der Waals surface area (Å²) in [6, 6.07) is 19.7. The van der Waals surface area contributed by atoms with Crippen molar-refractivity contribution in [3.05, 3.63) is 101 Å². The molecule has 13 nitrogen and oxygen atoms in total. The van der Waals surface area contributed by atoms with Crippen LogP contribution in [0.15, 0.2) is 83.7 Å². The molecule has 0 radical (unpaired) electrons. The van der Waals surface area contributed by atoms with E-state index in [1.54, 1.807) is 10.9 Å². The number of rotatable bonds is 20. The second-order valence-corrected chi connectivity index (χ2v) is 15.4. The van der Waals surface area contributed by atoms with Crippen LogP contribution in [0.1, 0.15) is 57.4 Å². The number of aliphatic hydroxyl groups is 1. The molecule has 0 aliphatic rings. The first-order chi connectivity index (χ1) is 26.4. The molecule has 4 aromatic rings. The number of thiazole rings is 1. The van der Waals surface area contributed by atoms with Crippen molar-refractivity contribution in [3.63, 3.8) is 0 Å². The number of amides is 4. The number of hydrogen-bond donors (Lipinski definition) is 5. The van der Waals surface area contributed by atoms with E-state index in [-0.39, 0.29) is 44.3 Å². The van der Waals surface area contributed by atoms with E-state index in [0.29, 0.717) is 12.1 Å². The SMILES string of the molecule is CC[C@H](C)[C@@H](CO)NC(=O)C=[P+]([O-])O[C@@H](CC(C)C)NC(=O)C(Cc1cscn1)NC(=O)[C@H](Cc1cccc2ccccc12)NC(=O)OCc1ccccc1. The van der Waals surface area contributed by atoms with Crippen LogP contribution in [0.25, 0.3) is 10.8 Å². The summed E-state index contributed by atoms with van der Waals surface area (Å²) in [4.78, 5) is 71.2. The lowest BCUT2D eigenvalue weighted by Gasteiger charge is -2.25. The van der Waals surface area contributed by atoms with Gasteiger partial charge in [-0.05, 0) is 40.2 Å². The molecule has 294 valence electrons. The summed E-state index contributed by atoms with van der Waals surface area (Å²) < 4.78 is 11.1. The van der Waals surface area contributed by atoms with E-state index in [1.165, 1.54) is 11.3 Å². The quantitative estimate of drug-likeness (QED) is 0.0640. The van der Waals surface area contributed by atoms with Gasteiger partial charge in [0, 0.05) is 18.2 Å². The number of aromatic nitrogens is 1. The molecule has 15 heteroatoms. The molecule has 0 saturated carbocycles. The Hall–Kier alpha value is -4.72. The van der Waals surface area contributed by atoms with Gasteiger partial charge in [-0.25, -0.2) is 9.78 Å². The smallest absolute Gasteiger partial charge is 0.408 e. The van der Waals surface area contributed by atoms with Gasteiger partial charge in [0.25, 0.3) is 5.91 Å². The molecule has 3 aromatic carbocycles. The van der Waals surface area contributed by atoms with Crippen molar-refractivity contribution in [2.24, 2.45) is 11.8 Å². The average Bonchev–Trinajstić information content (AvgIpc) is 3.68.